The number of carbonyl (C=O) groups is 1. The molecule has 3 nitrogen and oxygen atoms in total. The quantitative estimate of drug-likeness (QED) is 0.556. The smallest absolute Gasteiger partial charge is 0.161 e. The fraction of sp³-hybridized carbons (Fsp3) is 0.300. The molecule has 0 atom stereocenters. The summed E-state index contributed by atoms with van der Waals surface area (Å²) in [5.41, 5.74) is 7.63. The number of anilines is 1. The molecule has 1 aromatic rings. The van der Waals surface area contributed by atoms with Gasteiger partial charge < -0.3 is 10.5 Å². The summed E-state index contributed by atoms with van der Waals surface area (Å²) in [5, 5.41) is 0. The van der Waals surface area contributed by atoms with Gasteiger partial charge in [0, 0.05) is 16.8 Å². The van der Waals surface area contributed by atoms with Crippen LogP contribution in [0, 0.1) is 6.92 Å². The van der Waals surface area contributed by atoms with Crippen LogP contribution in [-0.2, 0) is 0 Å². The number of methoxy groups -OCH3 is 1. The van der Waals surface area contributed by atoms with Gasteiger partial charge in [0.25, 0.3) is 0 Å². The lowest BCUT2D eigenvalue weighted by Gasteiger charge is -2.09. The third-order valence-electron chi connectivity index (χ3n) is 2.06. The second-order valence-electron chi connectivity index (χ2n) is 2.91. The van der Waals surface area contributed by atoms with Crippen molar-refractivity contribution >= 4 is 11.5 Å². The molecular weight excluding hydrogens is 166 g/mol. The van der Waals surface area contributed by atoms with Gasteiger partial charge in [-0.25, -0.2) is 0 Å². The van der Waals surface area contributed by atoms with Crippen LogP contribution in [0.1, 0.15) is 22.8 Å². The van der Waals surface area contributed by atoms with Crippen molar-refractivity contribution in [1.29, 1.82) is 0 Å². The van der Waals surface area contributed by atoms with E-state index in [9.17, 15) is 4.79 Å². The van der Waals surface area contributed by atoms with Crippen molar-refractivity contribution < 1.29 is 9.53 Å². The number of nitrogen functional groups attached to an aromatic ring is 1. The lowest BCUT2D eigenvalue weighted by atomic mass is 10.0. The van der Waals surface area contributed by atoms with E-state index >= 15 is 0 Å². The topological polar surface area (TPSA) is 52.3 Å². The molecule has 0 spiro atoms. The Morgan fingerprint density at radius 1 is 1.46 bits per heavy atom. The van der Waals surface area contributed by atoms with Crippen molar-refractivity contribution in [1.82, 2.24) is 0 Å². The molecule has 0 aliphatic heterocycles. The van der Waals surface area contributed by atoms with E-state index in [0.717, 1.165) is 5.56 Å². The van der Waals surface area contributed by atoms with Crippen molar-refractivity contribution in [2.45, 2.75) is 13.8 Å². The summed E-state index contributed by atoms with van der Waals surface area (Å²) < 4.78 is 5.07. The lowest BCUT2D eigenvalue weighted by Crippen LogP contribution is -2.03. The zero-order chi connectivity index (χ0) is 10.0. The SMILES string of the molecule is COc1ccc(C(C)=O)c(N)c1C. The third kappa shape index (κ3) is 1.64. The number of ether oxygens (including phenoxy) is 1. The van der Waals surface area contributed by atoms with Crippen LogP contribution in [-0.4, -0.2) is 12.9 Å². The van der Waals surface area contributed by atoms with Gasteiger partial charge in [0.1, 0.15) is 5.75 Å². The summed E-state index contributed by atoms with van der Waals surface area (Å²) >= 11 is 0. The highest BCUT2D eigenvalue weighted by molar-refractivity contribution is 6.00. The van der Waals surface area contributed by atoms with E-state index in [-0.39, 0.29) is 5.78 Å². The van der Waals surface area contributed by atoms with E-state index in [1.54, 1.807) is 19.2 Å². The van der Waals surface area contributed by atoms with Crippen molar-refractivity contribution in [3.8, 4) is 5.75 Å². The molecule has 0 aliphatic carbocycles. The Bertz CT molecular complexity index is 345. The molecule has 2 N–H and O–H groups in total. The van der Waals surface area contributed by atoms with Crippen LogP contribution < -0.4 is 10.5 Å². The fourth-order valence-electron chi connectivity index (χ4n) is 1.24. The number of Topliss-reactive ketones (excluding diaryl/α,β-unsaturated/α-hetero) is 1. The normalized spacial score (nSPS) is 9.77. The molecule has 0 heterocycles. The first-order valence-electron chi connectivity index (χ1n) is 4.02. The summed E-state index contributed by atoms with van der Waals surface area (Å²) in [4.78, 5) is 11.1. The first-order chi connectivity index (χ1) is 6.07. The summed E-state index contributed by atoms with van der Waals surface area (Å²) in [5.74, 6) is 0.686. The molecule has 1 aromatic carbocycles. The van der Waals surface area contributed by atoms with E-state index < -0.39 is 0 Å². The highest BCUT2D eigenvalue weighted by atomic mass is 16.5. The van der Waals surface area contributed by atoms with Crippen LogP contribution in [0.15, 0.2) is 12.1 Å². The second-order valence-corrected chi connectivity index (χ2v) is 2.91. The Labute approximate surface area is 77.5 Å². The largest absolute Gasteiger partial charge is 0.496 e. The summed E-state index contributed by atoms with van der Waals surface area (Å²) in [7, 11) is 1.58. The standard InChI is InChI=1S/C10H13NO2/c1-6-9(13-3)5-4-8(7(2)12)10(6)11/h4-5H,11H2,1-3H3. The fourth-order valence-corrected chi connectivity index (χ4v) is 1.24. The number of benzene rings is 1. The predicted octanol–water partition coefficient (Wildman–Crippen LogP) is 1.79. The molecule has 0 aliphatic rings. The lowest BCUT2D eigenvalue weighted by molar-refractivity contribution is 0.101. The highest BCUT2D eigenvalue weighted by Crippen LogP contribution is 2.26. The molecule has 3 heteroatoms. The van der Waals surface area contributed by atoms with Gasteiger partial charge in [0.2, 0.25) is 0 Å². The van der Waals surface area contributed by atoms with Crippen LogP contribution in [0.2, 0.25) is 0 Å². The average Bonchev–Trinajstić information content (AvgIpc) is 2.09. The minimum absolute atomic E-state index is 0.0248. The number of hydrogen-bond acceptors (Lipinski definition) is 3. The molecule has 0 radical (unpaired) electrons. The number of carbonyl (C=O) groups excluding carboxylic acids is 1. The van der Waals surface area contributed by atoms with Gasteiger partial charge in [-0.05, 0) is 26.0 Å². The molecule has 0 bridgehead atoms. The molecule has 0 amide bonds. The van der Waals surface area contributed by atoms with Crippen LogP contribution >= 0.6 is 0 Å². The Hall–Kier alpha value is -1.51. The maximum Gasteiger partial charge on any atom is 0.161 e. The van der Waals surface area contributed by atoms with Gasteiger partial charge in [-0.2, -0.15) is 0 Å². The monoisotopic (exact) mass is 179 g/mol. The van der Waals surface area contributed by atoms with Crippen molar-refractivity contribution in [2.75, 3.05) is 12.8 Å². The Balaban J connectivity index is 3.31. The predicted molar refractivity (Wildman–Crippen MR) is 52.1 cm³/mol. The summed E-state index contributed by atoms with van der Waals surface area (Å²) in [6, 6.07) is 3.44. The average molecular weight is 179 g/mol. The van der Waals surface area contributed by atoms with Crippen LogP contribution in [0.4, 0.5) is 5.69 Å². The van der Waals surface area contributed by atoms with Gasteiger partial charge in [0.05, 0.1) is 7.11 Å². The minimum Gasteiger partial charge on any atom is -0.496 e. The van der Waals surface area contributed by atoms with Crippen LogP contribution in [0.25, 0.3) is 0 Å². The van der Waals surface area contributed by atoms with Crippen LogP contribution in [0.3, 0.4) is 0 Å². The van der Waals surface area contributed by atoms with E-state index in [1.165, 1.54) is 6.92 Å². The van der Waals surface area contributed by atoms with Gasteiger partial charge >= 0.3 is 0 Å². The molecule has 0 saturated heterocycles. The maximum atomic E-state index is 11.1. The zero-order valence-corrected chi connectivity index (χ0v) is 8.05. The van der Waals surface area contributed by atoms with Gasteiger partial charge in [-0.1, -0.05) is 0 Å². The molecule has 0 aromatic heterocycles. The van der Waals surface area contributed by atoms with Crippen LogP contribution in [0.5, 0.6) is 5.75 Å². The van der Waals surface area contributed by atoms with E-state index in [2.05, 4.69) is 0 Å². The Kier molecular flexibility index (Phi) is 2.56. The zero-order valence-electron chi connectivity index (χ0n) is 8.05. The Morgan fingerprint density at radius 3 is 2.54 bits per heavy atom. The van der Waals surface area contributed by atoms with Crippen molar-refractivity contribution in [2.24, 2.45) is 0 Å². The molecule has 0 fully saturated rings. The molecule has 0 saturated carbocycles. The summed E-state index contributed by atoms with van der Waals surface area (Å²) in [6.07, 6.45) is 0. The van der Waals surface area contributed by atoms with Gasteiger partial charge in [-0.3, -0.25) is 4.79 Å². The first kappa shape index (κ1) is 9.58. The number of hydrogen-bond donors (Lipinski definition) is 1. The number of rotatable bonds is 2. The van der Waals surface area contributed by atoms with E-state index in [4.69, 9.17) is 10.5 Å². The van der Waals surface area contributed by atoms with Gasteiger partial charge in [-0.15, -0.1) is 0 Å². The molecular formula is C10H13NO2. The second kappa shape index (κ2) is 3.47. The maximum absolute atomic E-state index is 11.1. The van der Waals surface area contributed by atoms with Crippen molar-refractivity contribution in [3.63, 3.8) is 0 Å². The van der Waals surface area contributed by atoms with E-state index in [1.807, 2.05) is 6.92 Å². The highest BCUT2D eigenvalue weighted by Gasteiger charge is 2.09. The van der Waals surface area contributed by atoms with Gasteiger partial charge in [0.15, 0.2) is 5.78 Å². The molecule has 70 valence electrons. The molecule has 0 unspecified atom stereocenters. The third-order valence-corrected chi connectivity index (χ3v) is 2.06. The number of ketones is 1. The summed E-state index contributed by atoms with van der Waals surface area (Å²) in [6.45, 7) is 3.33. The molecule has 13 heavy (non-hydrogen) atoms. The molecule has 1 rings (SSSR count). The number of nitrogens with two attached hydrogens (primary N) is 1. The Morgan fingerprint density at radius 2 is 2.08 bits per heavy atom. The van der Waals surface area contributed by atoms with E-state index in [0.29, 0.717) is 17.0 Å². The first-order valence-corrected chi connectivity index (χ1v) is 4.02. The van der Waals surface area contributed by atoms with Crippen molar-refractivity contribution in [3.05, 3.63) is 23.3 Å². The minimum atomic E-state index is -0.0248.